The molecule has 0 amide bonds. The van der Waals surface area contributed by atoms with Crippen LogP contribution in [0.1, 0.15) is 258 Å². The first-order valence-electron chi connectivity index (χ1n) is 22.1. The largest absolute Gasteiger partial charge is 1.00 e. The van der Waals surface area contributed by atoms with Gasteiger partial charge in [-0.25, -0.2) is 0 Å². The average Bonchev–Trinajstić information content (AvgIpc) is 3.06. The third-order valence-corrected chi connectivity index (χ3v) is 10.6. The van der Waals surface area contributed by atoms with Crippen LogP contribution in [0, 0.1) is 0 Å². The molecule has 1 atom stereocenters. The molecule has 0 fully saturated rings. The summed E-state index contributed by atoms with van der Waals surface area (Å²) in [5.74, 6) is -0.877. The van der Waals surface area contributed by atoms with Gasteiger partial charge in [-0.05, 0) is 32.4 Å². The van der Waals surface area contributed by atoms with Gasteiger partial charge in [0.25, 0.3) is 0 Å². The third kappa shape index (κ3) is 39.2. The Kier molecular flexibility index (Phi) is 45.9. The predicted molar refractivity (Wildman–Crippen MR) is 208 cm³/mol. The maximum absolute atomic E-state index is 11.5. The van der Waals surface area contributed by atoms with Gasteiger partial charge in [-0.3, -0.25) is 0 Å². The molecule has 0 N–H and O–H groups in total. The first kappa shape index (κ1) is 50.5. The molecule has 0 aromatic heterocycles. The van der Waals surface area contributed by atoms with Gasteiger partial charge in [-0.1, -0.05) is 233 Å². The molecule has 0 radical (unpaired) electrons. The van der Waals surface area contributed by atoms with Crippen LogP contribution in [-0.2, 0) is 4.79 Å². The van der Waals surface area contributed by atoms with Crippen LogP contribution in [0.2, 0.25) is 0 Å². The fourth-order valence-corrected chi connectivity index (χ4v) is 7.50. The summed E-state index contributed by atoms with van der Waals surface area (Å²) in [6.45, 7) is 8.91. The number of rotatable bonds is 41. The number of aliphatic carboxylic acids is 1. The summed E-state index contributed by atoms with van der Waals surface area (Å²) in [6.07, 6.45) is 49.8. The molecule has 0 bridgehead atoms. The zero-order valence-electron chi connectivity index (χ0n) is 33.9. The van der Waals surface area contributed by atoms with Crippen LogP contribution < -0.4 is 34.7 Å². The molecule has 0 aliphatic heterocycles. The summed E-state index contributed by atoms with van der Waals surface area (Å²) in [7, 11) is 0. The minimum atomic E-state index is -0.877. The Morgan fingerprint density at radius 2 is 0.625 bits per heavy atom. The van der Waals surface area contributed by atoms with E-state index in [1.807, 2.05) is 0 Å². The number of hydrogen-bond donors (Lipinski definition) is 0. The van der Waals surface area contributed by atoms with Crippen LogP contribution in [0.15, 0.2) is 0 Å². The SMILES string of the molecule is CCCCCCCCCCCCCCCCCCCN(CCCCCCCCCCCCCCCCCCC)C(CCC)CC(=O)[O-].[Na+]. The number of unbranched alkanes of at least 4 members (excludes halogenated alkanes) is 32. The average molecular weight is 686 g/mol. The van der Waals surface area contributed by atoms with Crippen LogP contribution in [-0.4, -0.2) is 30.0 Å². The van der Waals surface area contributed by atoms with Crippen molar-refractivity contribution in [3.8, 4) is 0 Å². The van der Waals surface area contributed by atoms with Crippen LogP contribution in [0.5, 0.6) is 0 Å². The maximum atomic E-state index is 11.5. The van der Waals surface area contributed by atoms with E-state index in [0.29, 0.717) is 0 Å². The van der Waals surface area contributed by atoms with Crippen molar-refractivity contribution in [3.63, 3.8) is 0 Å². The van der Waals surface area contributed by atoms with Crippen molar-refractivity contribution < 1.29 is 39.5 Å². The number of nitrogens with zero attached hydrogens (tertiary/aromatic N) is 1. The van der Waals surface area contributed by atoms with E-state index in [-0.39, 0.29) is 42.0 Å². The standard InChI is InChI=1S/C44H89NO2.Na/c1-4-7-9-11-13-15-17-19-21-23-25-27-29-31-33-35-37-40-45(43(39-6-3)42-44(46)47)41-38-36-34-32-30-28-26-24-22-20-18-16-14-12-10-8-5-2;/h43H,4-42H2,1-3H3,(H,46,47);/q;+1/p-1. The fraction of sp³-hybridized carbons (Fsp3) is 0.977. The molecule has 1 unspecified atom stereocenters. The summed E-state index contributed by atoms with van der Waals surface area (Å²) in [4.78, 5) is 14.0. The number of carbonyl (C=O) groups excluding carboxylic acids is 1. The molecule has 0 spiro atoms. The normalized spacial score (nSPS) is 12.1. The minimum absolute atomic E-state index is 0. The molecule has 282 valence electrons. The van der Waals surface area contributed by atoms with Crippen molar-refractivity contribution in [1.82, 2.24) is 4.90 Å². The Morgan fingerprint density at radius 1 is 0.396 bits per heavy atom. The van der Waals surface area contributed by atoms with Crippen LogP contribution >= 0.6 is 0 Å². The maximum Gasteiger partial charge on any atom is 1.00 e. The molecule has 4 heteroatoms. The van der Waals surface area contributed by atoms with Gasteiger partial charge in [0.2, 0.25) is 0 Å². The molecule has 0 saturated heterocycles. The van der Waals surface area contributed by atoms with E-state index in [1.54, 1.807) is 0 Å². The summed E-state index contributed by atoms with van der Waals surface area (Å²) >= 11 is 0. The number of carboxylic acids is 1. The number of carbonyl (C=O) groups is 1. The first-order chi connectivity index (χ1) is 23.2. The quantitative estimate of drug-likeness (QED) is 0.0475. The van der Waals surface area contributed by atoms with Gasteiger partial charge in [-0.2, -0.15) is 0 Å². The monoisotopic (exact) mass is 686 g/mol. The second-order valence-electron chi connectivity index (χ2n) is 15.4. The van der Waals surface area contributed by atoms with E-state index >= 15 is 0 Å². The molecule has 0 rings (SSSR count). The van der Waals surface area contributed by atoms with E-state index in [1.165, 1.54) is 218 Å². The van der Waals surface area contributed by atoms with Gasteiger partial charge in [-0.15, -0.1) is 0 Å². The van der Waals surface area contributed by atoms with Gasteiger partial charge in [0, 0.05) is 18.4 Å². The molecular formula is C44H88NNaO2. The Morgan fingerprint density at radius 3 is 0.833 bits per heavy atom. The van der Waals surface area contributed by atoms with Crippen LogP contribution in [0.25, 0.3) is 0 Å². The smallest absolute Gasteiger partial charge is 0.550 e. The zero-order valence-corrected chi connectivity index (χ0v) is 35.9. The number of carboxylic acid groups (broad SMARTS) is 1. The van der Waals surface area contributed by atoms with E-state index < -0.39 is 5.97 Å². The Balaban J connectivity index is 0. The fourth-order valence-electron chi connectivity index (χ4n) is 7.50. The van der Waals surface area contributed by atoms with Crippen molar-refractivity contribution in [3.05, 3.63) is 0 Å². The molecule has 0 heterocycles. The van der Waals surface area contributed by atoms with Crippen molar-refractivity contribution in [2.75, 3.05) is 13.1 Å². The van der Waals surface area contributed by atoms with Crippen molar-refractivity contribution >= 4 is 5.97 Å². The molecule has 0 saturated carbocycles. The van der Waals surface area contributed by atoms with E-state index in [9.17, 15) is 9.90 Å². The second-order valence-corrected chi connectivity index (χ2v) is 15.4. The van der Waals surface area contributed by atoms with Gasteiger partial charge in [0.15, 0.2) is 0 Å². The van der Waals surface area contributed by atoms with Gasteiger partial charge in [0.1, 0.15) is 0 Å². The third-order valence-electron chi connectivity index (χ3n) is 10.6. The molecule has 0 aliphatic carbocycles. The van der Waals surface area contributed by atoms with Crippen LogP contribution in [0.4, 0.5) is 0 Å². The van der Waals surface area contributed by atoms with Gasteiger partial charge >= 0.3 is 29.6 Å². The van der Waals surface area contributed by atoms with Gasteiger partial charge < -0.3 is 14.8 Å². The predicted octanol–water partition coefficient (Wildman–Crippen LogP) is 10.9. The molecular weight excluding hydrogens is 597 g/mol. The minimum Gasteiger partial charge on any atom is -0.550 e. The number of hydrogen-bond acceptors (Lipinski definition) is 3. The van der Waals surface area contributed by atoms with E-state index in [2.05, 4.69) is 25.7 Å². The van der Waals surface area contributed by atoms with E-state index in [0.717, 1.165) is 25.9 Å². The molecule has 0 aromatic rings. The first-order valence-corrected chi connectivity index (χ1v) is 22.1. The summed E-state index contributed by atoms with van der Waals surface area (Å²) < 4.78 is 0. The van der Waals surface area contributed by atoms with Crippen molar-refractivity contribution in [2.24, 2.45) is 0 Å². The summed E-state index contributed by atoms with van der Waals surface area (Å²) in [6, 6.07) is 0.159. The summed E-state index contributed by atoms with van der Waals surface area (Å²) in [5.41, 5.74) is 0. The Labute approximate surface area is 326 Å². The van der Waals surface area contributed by atoms with E-state index in [4.69, 9.17) is 0 Å². The molecule has 0 aliphatic rings. The van der Waals surface area contributed by atoms with Crippen LogP contribution in [0.3, 0.4) is 0 Å². The second kappa shape index (κ2) is 43.6. The van der Waals surface area contributed by atoms with Crippen molar-refractivity contribution in [1.29, 1.82) is 0 Å². The van der Waals surface area contributed by atoms with Gasteiger partial charge in [0.05, 0.1) is 0 Å². The molecule has 3 nitrogen and oxygen atoms in total. The Hall–Kier alpha value is 0.430. The zero-order chi connectivity index (χ0) is 34.3. The topological polar surface area (TPSA) is 43.4 Å². The molecule has 0 aromatic carbocycles. The van der Waals surface area contributed by atoms with Crippen molar-refractivity contribution in [2.45, 2.75) is 264 Å². The Bertz CT molecular complexity index is 562. The molecule has 48 heavy (non-hydrogen) atoms. The summed E-state index contributed by atoms with van der Waals surface area (Å²) in [5, 5.41) is 11.5.